The number of anilines is 2. The topological polar surface area (TPSA) is 110 Å². The van der Waals surface area contributed by atoms with E-state index >= 15 is 0 Å². The lowest BCUT2D eigenvalue weighted by Gasteiger charge is -2.28. The third kappa shape index (κ3) is 5.24. The van der Waals surface area contributed by atoms with Crippen LogP contribution in [0.5, 0.6) is 0 Å². The molecule has 1 saturated carbocycles. The summed E-state index contributed by atoms with van der Waals surface area (Å²) in [6.45, 7) is 0.536. The predicted octanol–water partition coefficient (Wildman–Crippen LogP) is 4.69. The Labute approximate surface area is 195 Å². The maximum Gasteiger partial charge on any atom is 0.387 e. The number of carbonyl (C=O) groups is 1. The van der Waals surface area contributed by atoms with Gasteiger partial charge in [0.15, 0.2) is 6.20 Å². The number of ether oxygens (including phenoxy) is 1. The summed E-state index contributed by atoms with van der Waals surface area (Å²) in [6.07, 6.45) is 5.97. The number of rotatable bonds is 6. The highest BCUT2D eigenvalue weighted by atomic mass is 19.1. The highest BCUT2D eigenvalue weighted by Crippen LogP contribution is 2.39. The SMILES string of the molecule is COC1CCC(NC(=O)Nc2cc(N3CCC[C@@H]3c3cc(F)ccc3F)cnc2[N+](=O)[O-])CC1. The number of benzene rings is 1. The number of carbonyl (C=O) groups excluding carboxylic acids is 1. The summed E-state index contributed by atoms with van der Waals surface area (Å²) in [7, 11) is 1.66. The summed E-state index contributed by atoms with van der Waals surface area (Å²) in [5.41, 5.74) is 0.637. The van der Waals surface area contributed by atoms with E-state index in [0.717, 1.165) is 44.2 Å². The van der Waals surface area contributed by atoms with Gasteiger partial charge < -0.3 is 30.4 Å². The molecule has 2 aromatic rings. The second kappa shape index (κ2) is 10.3. The fourth-order valence-corrected chi connectivity index (χ4v) is 4.80. The summed E-state index contributed by atoms with van der Waals surface area (Å²) >= 11 is 0. The summed E-state index contributed by atoms with van der Waals surface area (Å²) in [5.74, 6) is -1.55. The first kappa shape index (κ1) is 23.8. The van der Waals surface area contributed by atoms with E-state index < -0.39 is 34.4 Å². The predicted molar refractivity (Wildman–Crippen MR) is 122 cm³/mol. The Kier molecular flexibility index (Phi) is 7.20. The van der Waals surface area contributed by atoms with E-state index in [-0.39, 0.29) is 23.4 Å². The second-order valence-corrected chi connectivity index (χ2v) is 8.65. The zero-order valence-corrected chi connectivity index (χ0v) is 18.8. The smallest absolute Gasteiger partial charge is 0.381 e. The molecule has 2 N–H and O–H groups in total. The number of nitro groups is 1. The van der Waals surface area contributed by atoms with Crippen LogP contribution in [0.3, 0.4) is 0 Å². The molecule has 1 aliphatic carbocycles. The number of aromatic nitrogens is 1. The van der Waals surface area contributed by atoms with Crippen LogP contribution in [0.2, 0.25) is 0 Å². The first-order chi connectivity index (χ1) is 16.4. The average molecular weight is 475 g/mol. The Morgan fingerprint density at radius 1 is 1.21 bits per heavy atom. The Hall–Kier alpha value is -3.34. The van der Waals surface area contributed by atoms with Gasteiger partial charge in [-0.2, -0.15) is 0 Å². The molecule has 11 heteroatoms. The zero-order valence-electron chi connectivity index (χ0n) is 18.8. The number of nitrogens with zero attached hydrogens (tertiary/aromatic N) is 3. The van der Waals surface area contributed by atoms with Gasteiger partial charge in [-0.15, -0.1) is 0 Å². The molecular formula is C23H27F2N5O4. The summed E-state index contributed by atoms with van der Waals surface area (Å²) in [6, 6.07) is 3.72. The van der Waals surface area contributed by atoms with Crippen molar-refractivity contribution in [1.29, 1.82) is 0 Å². The maximum atomic E-state index is 14.4. The van der Waals surface area contributed by atoms with Gasteiger partial charge in [-0.25, -0.2) is 13.6 Å². The highest BCUT2D eigenvalue weighted by molar-refractivity contribution is 5.92. The number of nitrogens with one attached hydrogen (secondary N) is 2. The third-order valence-corrected chi connectivity index (χ3v) is 6.52. The van der Waals surface area contributed by atoms with Crippen molar-refractivity contribution in [3.8, 4) is 0 Å². The van der Waals surface area contributed by atoms with Gasteiger partial charge >= 0.3 is 11.8 Å². The van der Waals surface area contributed by atoms with Gasteiger partial charge in [0.05, 0.1) is 17.8 Å². The van der Waals surface area contributed by atoms with Gasteiger partial charge in [0.2, 0.25) is 0 Å². The third-order valence-electron chi connectivity index (χ3n) is 6.52. The van der Waals surface area contributed by atoms with Crippen LogP contribution in [-0.4, -0.2) is 41.7 Å². The van der Waals surface area contributed by atoms with E-state index in [1.807, 2.05) is 4.90 Å². The largest absolute Gasteiger partial charge is 0.387 e. The summed E-state index contributed by atoms with van der Waals surface area (Å²) in [4.78, 5) is 29.2. The summed E-state index contributed by atoms with van der Waals surface area (Å²) in [5, 5.41) is 16.9. The Morgan fingerprint density at radius 3 is 2.68 bits per heavy atom. The molecule has 2 aliphatic rings. The minimum absolute atomic E-state index is 0.0551. The molecule has 0 bridgehead atoms. The Bertz CT molecular complexity index is 1060. The van der Waals surface area contributed by atoms with E-state index in [1.54, 1.807) is 7.11 Å². The van der Waals surface area contributed by atoms with Crippen LogP contribution in [0.15, 0.2) is 30.5 Å². The molecule has 1 atom stereocenters. The lowest BCUT2D eigenvalue weighted by atomic mass is 9.93. The van der Waals surface area contributed by atoms with Gasteiger partial charge in [0, 0.05) is 25.3 Å². The fourth-order valence-electron chi connectivity index (χ4n) is 4.80. The second-order valence-electron chi connectivity index (χ2n) is 8.65. The maximum absolute atomic E-state index is 14.4. The van der Waals surface area contributed by atoms with Crippen molar-refractivity contribution in [1.82, 2.24) is 10.3 Å². The van der Waals surface area contributed by atoms with E-state index in [2.05, 4.69) is 15.6 Å². The van der Waals surface area contributed by atoms with Crippen LogP contribution in [0, 0.1) is 21.7 Å². The van der Waals surface area contributed by atoms with Crippen LogP contribution in [-0.2, 0) is 4.74 Å². The molecule has 2 fully saturated rings. The molecule has 2 heterocycles. The van der Waals surface area contributed by atoms with Crippen molar-refractivity contribution < 1.29 is 23.2 Å². The number of halogens is 2. The van der Waals surface area contributed by atoms with E-state index in [9.17, 15) is 23.7 Å². The standard InChI is InChI=1S/C23H27F2N5O4/c1-34-17-7-5-15(6-8-17)27-23(31)28-20-12-16(13-26-22(20)30(32)33)29-10-2-3-21(29)18-11-14(24)4-9-19(18)25/h4,9,11-13,15,17,21H,2-3,5-8,10H2,1H3,(H2,27,28,31)/t15?,17?,21-/m1/s1. The molecule has 0 radical (unpaired) electrons. The number of methoxy groups -OCH3 is 1. The molecule has 0 unspecified atom stereocenters. The molecule has 0 spiro atoms. The lowest BCUT2D eigenvalue weighted by Crippen LogP contribution is -2.41. The van der Waals surface area contributed by atoms with Crippen LogP contribution in [0.25, 0.3) is 0 Å². The van der Waals surface area contributed by atoms with E-state index in [0.29, 0.717) is 18.7 Å². The molecule has 1 aromatic heterocycles. The molecule has 182 valence electrons. The molecule has 1 aliphatic heterocycles. The highest BCUT2D eigenvalue weighted by Gasteiger charge is 2.31. The van der Waals surface area contributed by atoms with Gasteiger partial charge in [0.1, 0.15) is 17.3 Å². The first-order valence-corrected chi connectivity index (χ1v) is 11.3. The average Bonchev–Trinajstić information content (AvgIpc) is 3.30. The number of amides is 2. The van der Waals surface area contributed by atoms with E-state index in [4.69, 9.17) is 4.74 Å². The molecule has 1 saturated heterocycles. The van der Waals surface area contributed by atoms with Gasteiger partial charge in [0.25, 0.3) is 0 Å². The Morgan fingerprint density at radius 2 is 1.97 bits per heavy atom. The Balaban J connectivity index is 1.53. The summed E-state index contributed by atoms with van der Waals surface area (Å²) < 4.78 is 33.5. The molecule has 2 amide bonds. The van der Waals surface area contributed by atoms with Gasteiger partial charge in [-0.1, -0.05) is 0 Å². The van der Waals surface area contributed by atoms with Crippen molar-refractivity contribution in [2.24, 2.45) is 0 Å². The number of hydrogen-bond donors (Lipinski definition) is 2. The molecule has 34 heavy (non-hydrogen) atoms. The fraction of sp³-hybridized carbons (Fsp3) is 0.478. The number of urea groups is 1. The molecular weight excluding hydrogens is 448 g/mol. The number of pyridine rings is 1. The van der Waals surface area contributed by atoms with Crippen LogP contribution < -0.4 is 15.5 Å². The molecule has 4 rings (SSSR count). The van der Waals surface area contributed by atoms with Crippen LogP contribution in [0.1, 0.15) is 50.1 Å². The molecule has 1 aromatic carbocycles. The number of hydrogen-bond acceptors (Lipinski definition) is 6. The normalized spacial score (nSPS) is 22.4. The zero-order chi connectivity index (χ0) is 24.2. The van der Waals surface area contributed by atoms with Crippen molar-refractivity contribution >= 4 is 23.2 Å². The van der Waals surface area contributed by atoms with Gasteiger partial charge in [-0.3, -0.25) is 0 Å². The van der Waals surface area contributed by atoms with Crippen LogP contribution in [0.4, 0.5) is 30.8 Å². The lowest BCUT2D eigenvalue weighted by molar-refractivity contribution is -0.388. The first-order valence-electron chi connectivity index (χ1n) is 11.3. The van der Waals surface area contributed by atoms with Crippen LogP contribution >= 0.6 is 0 Å². The van der Waals surface area contributed by atoms with Crippen molar-refractivity contribution in [2.45, 2.75) is 56.7 Å². The monoisotopic (exact) mass is 475 g/mol. The van der Waals surface area contributed by atoms with Crippen molar-refractivity contribution in [3.05, 3.63) is 57.8 Å². The van der Waals surface area contributed by atoms with Gasteiger partial charge in [-0.05, 0) is 72.7 Å². The van der Waals surface area contributed by atoms with E-state index in [1.165, 1.54) is 18.3 Å². The van der Waals surface area contributed by atoms with Crippen molar-refractivity contribution in [2.75, 3.05) is 23.9 Å². The van der Waals surface area contributed by atoms with Crippen molar-refractivity contribution in [3.63, 3.8) is 0 Å². The minimum Gasteiger partial charge on any atom is -0.381 e. The minimum atomic E-state index is -0.670. The quantitative estimate of drug-likeness (QED) is 0.463. The molecule has 9 nitrogen and oxygen atoms in total.